The van der Waals surface area contributed by atoms with E-state index >= 15 is 0 Å². The van der Waals surface area contributed by atoms with E-state index in [0.717, 1.165) is 5.56 Å². The van der Waals surface area contributed by atoms with Gasteiger partial charge in [0.1, 0.15) is 11.8 Å². The molecule has 0 saturated carbocycles. The lowest BCUT2D eigenvalue weighted by Gasteiger charge is -2.20. The molecule has 0 spiro atoms. The average molecular weight is 507 g/mol. The summed E-state index contributed by atoms with van der Waals surface area (Å²) >= 11 is 12.3. The molecular weight excluding hydrogens is 483 g/mol. The van der Waals surface area contributed by atoms with Gasteiger partial charge in [0.15, 0.2) is 0 Å². The zero-order chi connectivity index (χ0) is 24.0. The quantitative estimate of drug-likeness (QED) is 0.416. The molecule has 3 aromatic rings. The first kappa shape index (κ1) is 25.1. The molecule has 33 heavy (non-hydrogen) atoms. The van der Waals surface area contributed by atoms with E-state index in [-0.39, 0.29) is 16.3 Å². The molecule has 0 saturated heterocycles. The second-order valence-corrected chi connectivity index (χ2v) is 9.82. The highest BCUT2D eigenvalue weighted by atomic mass is 35.5. The number of hydrogen-bond donors (Lipinski definition) is 2. The Hall–Kier alpha value is -2.58. The summed E-state index contributed by atoms with van der Waals surface area (Å²) in [5.41, 5.74) is 1.99. The number of rotatable bonds is 9. The monoisotopic (exact) mass is 506 g/mol. The molecule has 0 aliphatic rings. The fourth-order valence-electron chi connectivity index (χ4n) is 3.18. The number of halogens is 2. The highest BCUT2D eigenvalue weighted by molar-refractivity contribution is 7.89. The number of carbonyl (C=O) groups excluding carboxylic acids is 1. The van der Waals surface area contributed by atoms with Crippen molar-refractivity contribution in [2.45, 2.75) is 31.2 Å². The van der Waals surface area contributed by atoms with Gasteiger partial charge in [0.2, 0.25) is 15.9 Å². The van der Waals surface area contributed by atoms with E-state index in [4.69, 9.17) is 27.9 Å². The van der Waals surface area contributed by atoms with E-state index in [2.05, 4.69) is 10.0 Å². The van der Waals surface area contributed by atoms with Gasteiger partial charge >= 0.3 is 0 Å². The maximum absolute atomic E-state index is 13.2. The number of carbonyl (C=O) groups is 1. The minimum absolute atomic E-state index is 0.0687. The minimum Gasteiger partial charge on any atom is -0.492 e. The Kier molecular flexibility index (Phi) is 8.37. The number of nitrogens with one attached hydrogen (secondary N) is 2. The summed E-state index contributed by atoms with van der Waals surface area (Å²) in [7, 11) is -4.07. The first-order valence-corrected chi connectivity index (χ1v) is 12.5. The lowest BCUT2D eigenvalue weighted by Crippen LogP contribution is -2.45. The van der Waals surface area contributed by atoms with Gasteiger partial charge in [-0.15, -0.1) is 0 Å². The molecule has 6 nitrogen and oxygen atoms in total. The third-order valence-electron chi connectivity index (χ3n) is 4.94. The van der Waals surface area contributed by atoms with Gasteiger partial charge in [-0.05, 0) is 61.7 Å². The molecule has 0 bridgehead atoms. The maximum atomic E-state index is 13.2. The molecule has 0 aliphatic heterocycles. The highest BCUT2D eigenvalue weighted by Gasteiger charge is 2.27. The van der Waals surface area contributed by atoms with Gasteiger partial charge in [-0.2, -0.15) is 4.72 Å². The zero-order valence-electron chi connectivity index (χ0n) is 18.1. The van der Waals surface area contributed by atoms with Gasteiger partial charge in [-0.3, -0.25) is 4.79 Å². The maximum Gasteiger partial charge on any atom is 0.242 e. The van der Waals surface area contributed by atoms with Crippen molar-refractivity contribution in [3.8, 4) is 5.75 Å². The van der Waals surface area contributed by atoms with Crippen LogP contribution in [0.15, 0.2) is 71.6 Å². The molecule has 3 rings (SSSR count). The number of benzene rings is 3. The first-order chi connectivity index (χ1) is 15.7. The van der Waals surface area contributed by atoms with Crippen molar-refractivity contribution < 1.29 is 17.9 Å². The summed E-state index contributed by atoms with van der Waals surface area (Å²) < 4.78 is 34.1. The van der Waals surface area contributed by atoms with Crippen molar-refractivity contribution in [3.63, 3.8) is 0 Å². The second-order valence-electron chi connectivity index (χ2n) is 7.29. The van der Waals surface area contributed by atoms with E-state index in [1.165, 1.54) is 18.2 Å². The Morgan fingerprint density at radius 1 is 1.00 bits per heavy atom. The molecule has 0 aliphatic carbocycles. The van der Waals surface area contributed by atoms with Gasteiger partial charge in [0.25, 0.3) is 0 Å². The fraction of sp³-hybridized carbons (Fsp3) is 0.208. The molecule has 174 valence electrons. The van der Waals surface area contributed by atoms with E-state index in [0.29, 0.717) is 28.6 Å². The molecule has 1 amide bonds. The third kappa shape index (κ3) is 6.48. The second kappa shape index (κ2) is 11.0. The molecule has 0 aromatic heterocycles. The van der Waals surface area contributed by atoms with Crippen LogP contribution in [-0.4, -0.2) is 27.0 Å². The predicted octanol–water partition coefficient (Wildman–Crippen LogP) is 5.23. The standard InChI is InChI=1S/C24H24Cl2N2O4S/c1-3-32-23-13-12-18(15-20(23)26)33(30,31)28-22(14-17-8-5-4-6-9-17)24(29)27-21-11-7-10-19(25)16(21)2/h4-13,15,22,28H,3,14H2,1-2H3,(H,27,29)/t22-/m0/s1. The summed E-state index contributed by atoms with van der Waals surface area (Å²) in [5.74, 6) is -0.127. The van der Waals surface area contributed by atoms with Gasteiger partial charge < -0.3 is 10.1 Å². The first-order valence-electron chi connectivity index (χ1n) is 10.3. The van der Waals surface area contributed by atoms with Crippen LogP contribution in [0, 0.1) is 6.92 Å². The number of hydrogen-bond acceptors (Lipinski definition) is 4. The van der Waals surface area contributed by atoms with Crippen molar-refractivity contribution >= 4 is 44.8 Å². The Labute approximate surface area is 203 Å². The van der Waals surface area contributed by atoms with Crippen molar-refractivity contribution in [2.24, 2.45) is 0 Å². The van der Waals surface area contributed by atoms with Crippen molar-refractivity contribution in [1.29, 1.82) is 0 Å². The van der Waals surface area contributed by atoms with Crippen LogP contribution in [0.1, 0.15) is 18.1 Å². The summed E-state index contributed by atoms with van der Waals surface area (Å²) in [4.78, 5) is 13.1. The van der Waals surface area contributed by atoms with Crippen molar-refractivity contribution in [1.82, 2.24) is 4.72 Å². The summed E-state index contributed by atoms with van der Waals surface area (Å²) in [6.07, 6.45) is 0.149. The molecule has 0 unspecified atom stereocenters. The van der Waals surface area contributed by atoms with Crippen LogP contribution in [0.5, 0.6) is 5.75 Å². The van der Waals surface area contributed by atoms with Crippen LogP contribution in [0.25, 0.3) is 0 Å². The number of amides is 1. The molecule has 0 radical (unpaired) electrons. The normalized spacial score (nSPS) is 12.2. The predicted molar refractivity (Wildman–Crippen MR) is 132 cm³/mol. The van der Waals surface area contributed by atoms with Crippen LogP contribution in [-0.2, 0) is 21.2 Å². The molecule has 1 atom stereocenters. The van der Waals surface area contributed by atoms with E-state index in [1.54, 1.807) is 32.0 Å². The lowest BCUT2D eigenvalue weighted by atomic mass is 10.1. The van der Waals surface area contributed by atoms with Crippen LogP contribution in [0.3, 0.4) is 0 Å². The highest BCUT2D eigenvalue weighted by Crippen LogP contribution is 2.28. The van der Waals surface area contributed by atoms with Gasteiger partial charge in [0.05, 0.1) is 16.5 Å². The summed E-state index contributed by atoms with van der Waals surface area (Å²) in [6.45, 7) is 3.97. The van der Waals surface area contributed by atoms with E-state index in [1.807, 2.05) is 30.3 Å². The van der Waals surface area contributed by atoms with Crippen LogP contribution in [0.4, 0.5) is 5.69 Å². The van der Waals surface area contributed by atoms with Gasteiger partial charge in [0, 0.05) is 10.7 Å². The Bertz CT molecular complexity index is 1230. The number of sulfonamides is 1. The molecule has 0 heterocycles. The Morgan fingerprint density at radius 2 is 1.73 bits per heavy atom. The average Bonchev–Trinajstić information content (AvgIpc) is 2.78. The largest absolute Gasteiger partial charge is 0.492 e. The third-order valence-corrected chi connectivity index (χ3v) is 7.11. The van der Waals surface area contributed by atoms with E-state index < -0.39 is 22.0 Å². The fourth-order valence-corrected chi connectivity index (χ4v) is 4.87. The number of ether oxygens (including phenoxy) is 1. The topological polar surface area (TPSA) is 84.5 Å². The molecule has 9 heteroatoms. The van der Waals surface area contributed by atoms with Crippen molar-refractivity contribution in [3.05, 3.63) is 87.9 Å². The number of anilines is 1. The molecular formula is C24H24Cl2N2O4S. The van der Waals surface area contributed by atoms with Crippen LogP contribution in [0.2, 0.25) is 10.0 Å². The lowest BCUT2D eigenvalue weighted by molar-refractivity contribution is -0.117. The molecule has 0 fully saturated rings. The molecule has 3 aromatic carbocycles. The summed E-state index contributed by atoms with van der Waals surface area (Å²) in [5, 5.41) is 3.45. The van der Waals surface area contributed by atoms with Gasteiger partial charge in [-0.25, -0.2) is 8.42 Å². The smallest absolute Gasteiger partial charge is 0.242 e. The molecule has 2 N–H and O–H groups in total. The Morgan fingerprint density at radius 3 is 2.39 bits per heavy atom. The minimum atomic E-state index is -4.07. The zero-order valence-corrected chi connectivity index (χ0v) is 20.5. The van der Waals surface area contributed by atoms with E-state index in [9.17, 15) is 13.2 Å². The Balaban J connectivity index is 1.89. The SMILES string of the molecule is CCOc1ccc(S(=O)(=O)N[C@@H](Cc2ccccc2)C(=O)Nc2cccc(Cl)c2C)cc1Cl. The van der Waals surface area contributed by atoms with Crippen LogP contribution >= 0.6 is 23.2 Å². The van der Waals surface area contributed by atoms with Gasteiger partial charge in [-0.1, -0.05) is 59.6 Å². The summed E-state index contributed by atoms with van der Waals surface area (Å²) in [6, 6.07) is 17.4. The van der Waals surface area contributed by atoms with Crippen molar-refractivity contribution in [2.75, 3.05) is 11.9 Å². The van der Waals surface area contributed by atoms with Crippen LogP contribution < -0.4 is 14.8 Å².